The number of nitrogens with two attached hydrogens (primary N) is 1. The van der Waals surface area contributed by atoms with Crippen LogP contribution in [0, 0.1) is 0 Å². The van der Waals surface area contributed by atoms with Gasteiger partial charge in [0.2, 0.25) is 0 Å². The van der Waals surface area contributed by atoms with Gasteiger partial charge in [0.25, 0.3) is 10.0 Å². The number of carboxylic acids is 1. The zero-order chi connectivity index (χ0) is 9.35. The highest BCUT2D eigenvalue weighted by Gasteiger charge is 2.18. The Balaban J connectivity index is 3.17. The molecule has 0 spiro atoms. The molecule has 66 valence electrons. The van der Waals surface area contributed by atoms with E-state index in [2.05, 4.69) is 14.5 Å². The van der Waals surface area contributed by atoms with Gasteiger partial charge in [-0.25, -0.2) is 18.4 Å². The molecule has 12 heavy (non-hydrogen) atoms. The van der Waals surface area contributed by atoms with Gasteiger partial charge >= 0.3 is 11.2 Å². The van der Waals surface area contributed by atoms with Gasteiger partial charge in [-0.15, -0.1) is 0 Å². The predicted octanol–water partition coefficient (Wildman–Crippen LogP) is -0.980. The molecule has 0 fully saturated rings. The maximum atomic E-state index is 10.5. The van der Waals surface area contributed by atoms with Crippen molar-refractivity contribution in [2.75, 3.05) is 0 Å². The molecule has 0 amide bonds. The monoisotopic (exact) mass is 192 g/mol. The van der Waals surface area contributed by atoms with Gasteiger partial charge in [-0.3, -0.25) is 0 Å². The molecule has 0 saturated heterocycles. The summed E-state index contributed by atoms with van der Waals surface area (Å²) >= 11 is 0. The lowest BCUT2D eigenvalue weighted by atomic mass is 10.5. The second-order valence-corrected chi connectivity index (χ2v) is 3.29. The molecule has 0 bridgehead atoms. The number of rotatable bonds is 2. The van der Waals surface area contributed by atoms with Crippen LogP contribution in [0.5, 0.6) is 0 Å². The molecule has 1 rings (SSSR count). The molecule has 1 heterocycles. The predicted molar refractivity (Wildman–Crippen MR) is 34.8 cm³/mol. The van der Waals surface area contributed by atoms with E-state index in [-0.39, 0.29) is 0 Å². The quantitative estimate of drug-likeness (QED) is 0.620. The maximum Gasteiger partial charge on any atom is 0.357 e. The topological polar surface area (TPSA) is 123 Å². The van der Waals surface area contributed by atoms with E-state index in [0.717, 1.165) is 0 Å². The fraction of sp³-hybridized carbons (Fsp3) is 0. The standard InChI is InChI=1S/C4H4N2O5S/c5-12(9,10)4-6-2(1-11-4)3(7)8/h1H,(H,7,8)(H2,5,9,10). The molecule has 0 aliphatic rings. The summed E-state index contributed by atoms with van der Waals surface area (Å²) in [6.45, 7) is 0. The summed E-state index contributed by atoms with van der Waals surface area (Å²) in [4.78, 5) is 13.3. The Morgan fingerprint density at radius 3 is 2.50 bits per heavy atom. The van der Waals surface area contributed by atoms with Crippen molar-refractivity contribution in [3.63, 3.8) is 0 Å². The van der Waals surface area contributed by atoms with Crippen molar-refractivity contribution in [2.45, 2.75) is 5.22 Å². The minimum Gasteiger partial charge on any atom is -0.476 e. The average molecular weight is 192 g/mol. The van der Waals surface area contributed by atoms with Crippen LogP contribution < -0.4 is 5.14 Å². The van der Waals surface area contributed by atoms with Crippen LogP contribution in [-0.4, -0.2) is 24.5 Å². The first-order chi connectivity index (χ1) is 5.41. The van der Waals surface area contributed by atoms with E-state index >= 15 is 0 Å². The fourth-order valence-electron chi connectivity index (χ4n) is 0.486. The molecule has 0 aliphatic heterocycles. The Kier molecular flexibility index (Phi) is 1.86. The second kappa shape index (κ2) is 2.57. The van der Waals surface area contributed by atoms with Crippen LogP contribution in [0.4, 0.5) is 0 Å². The van der Waals surface area contributed by atoms with Crippen molar-refractivity contribution in [2.24, 2.45) is 5.14 Å². The van der Waals surface area contributed by atoms with E-state index in [1.54, 1.807) is 0 Å². The van der Waals surface area contributed by atoms with Gasteiger partial charge in [-0.05, 0) is 0 Å². The third kappa shape index (κ3) is 1.60. The summed E-state index contributed by atoms with van der Waals surface area (Å²) in [5.41, 5.74) is -0.501. The zero-order valence-electron chi connectivity index (χ0n) is 5.59. The molecule has 0 aromatic carbocycles. The third-order valence-corrected chi connectivity index (χ3v) is 1.62. The summed E-state index contributed by atoms with van der Waals surface area (Å²) in [6, 6.07) is 0. The molecular weight excluding hydrogens is 188 g/mol. The van der Waals surface area contributed by atoms with Gasteiger partial charge in [0.1, 0.15) is 6.26 Å². The van der Waals surface area contributed by atoms with Crippen LogP contribution in [0.2, 0.25) is 0 Å². The molecule has 7 nitrogen and oxygen atoms in total. The normalized spacial score (nSPS) is 11.4. The smallest absolute Gasteiger partial charge is 0.357 e. The Morgan fingerprint density at radius 1 is 1.67 bits per heavy atom. The van der Waals surface area contributed by atoms with Crippen LogP contribution in [0.1, 0.15) is 10.5 Å². The van der Waals surface area contributed by atoms with Gasteiger partial charge < -0.3 is 9.52 Å². The number of nitrogens with zero attached hydrogens (tertiary/aromatic N) is 1. The molecular formula is C4H4N2O5S. The number of carboxylic acid groups (broad SMARTS) is 1. The van der Waals surface area contributed by atoms with E-state index in [1.165, 1.54) is 0 Å². The SMILES string of the molecule is NS(=O)(=O)c1nc(C(=O)O)co1. The highest BCUT2D eigenvalue weighted by atomic mass is 32.2. The molecule has 3 N–H and O–H groups in total. The van der Waals surface area contributed by atoms with Crippen molar-refractivity contribution in [1.82, 2.24) is 4.98 Å². The molecule has 0 atom stereocenters. The lowest BCUT2D eigenvalue weighted by molar-refractivity contribution is 0.0690. The van der Waals surface area contributed by atoms with E-state index in [0.29, 0.717) is 6.26 Å². The number of sulfonamides is 1. The van der Waals surface area contributed by atoms with Crippen molar-refractivity contribution in [1.29, 1.82) is 0 Å². The second-order valence-electron chi connectivity index (χ2n) is 1.85. The highest BCUT2D eigenvalue weighted by molar-refractivity contribution is 7.88. The van der Waals surface area contributed by atoms with Gasteiger partial charge in [0.15, 0.2) is 5.69 Å². The van der Waals surface area contributed by atoms with Crippen LogP contribution >= 0.6 is 0 Å². The number of aromatic carboxylic acids is 1. The Labute approximate surface area is 66.9 Å². The molecule has 1 aromatic heterocycles. The van der Waals surface area contributed by atoms with Crippen molar-refractivity contribution < 1.29 is 22.7 Å². The van der Waals surface area contributed by atoms with E-state index < -0.39 is 26.9 Å². The van der Waals surface area contributed by atoms with Crippen molar-refractivity contribution in [3.8, 4) is 0 Å². The van der Waals surface area contributed by atoms with Gasteiger partial charge in [-0.2, -0.15) is 4.98 Å². The van der Waals surface area contributed by atoms with Crippen molar-refractivity contribution in [3.05, 3.63) is 12.0 Å². The van der Waals surface area contributed by atoms with Crippen LogP contribution in [0.25, 0.3) is 0 Å². The number of aromatic nitrogens is 1. The highest BCUT2D eigenvalue weighted by Crippen LogP contribution is 2.05. The fourth-order valence-corrected chi connectivity index (χ4v) is 0.894. The summed E-state index contributed by atoms with van der Waals surface area (Å²) < 4.78 is 25.3. The minimum absolute atomic E-state index is 0.501. The molecule has 8 heteroatoms. The summed E-state index contributed by atoms with van der Waals surface area (Å²) in [5.74, 6) is -1.38. The lowest BCUT2D eigenvalue weighted by Gasteiger charge is -1.85. The molecule has 1 aromatic rings. The molecule has 0 aliphatic carbocycles. The first-order valence-corrected chi connectivity index (χ1v) is 4.17. The zero-order valence-corrected chi connectivity index (χ0v) is 6.41. The van der Waals surface area contributed by atoms with Gasteiger partial charge in [-0.1, -0.05) is 0 Å². The van der Waals surface area contributed by atoms with E-state index in [9.17, 15) is 13.2 Å². The maximum absolute atomic E-state index is 10.5. The third-order valence-electron chi connectivity index (χ3n) is 0.946. The summed E-state index contributed by atoms with van der Waals surface area (Å²) in [7, 11) is -4.06. The summed E-state index contributed by atoms with van der Waals surface area (Å²) in [5, 5.41) is 12.1. The van der Waals surface area contributed by atoms with Crippen LogP contribution in [0.15, 0.2) is 15.9 Å². The van der Waals surface area contributed by atoms with E-state index in [1.807, 2.05) is 0 Å². The van der Waals surface area contributed by atoms with Crippen LogP contribution in [0.3, 0.4) is 0 Å². The average Bonchev–Trinajstić information content (AvgIpc) is 2.30. The van der Waals surface area contributed by atoms with Crippen LogP contribution in [-0.2, 0) is 10.0 Å². The number of oxazole rings is 1. The Bertz CT molecular complexity index is 405. The molecule has 0 radical (unpaired) electrons. The molecule has 0 saturated carbocycles. The number of carbonyl (C=O) groups is 1. The Morgan fingerprint density at radius 2 is 2.25 bits per heavy atom. The van der Waals surface area contributed by atoms with E-state index in [4.69, 9.17) is 5.11 Å². The molecule has 0 unspecified atom stereocenters. The number of primary sulfonamides is 1. The first-order valence-electron chi connectivity index (χ1n) is 2.63. The lowest BCUT2D eigenvalue weighted by Crippen LogP contribution is -2.12. The van der Waals surface area contributed by atoms with Gasteiger partial charge in [0.05, 0.1) is 0 Å². The number of hydrogen-bond donors (Lipinski definition) is 2. The minimum atomic E-state index is -4.06. The largest absolute Gasteiger partial charge is 0.476 e. The number of hydrogen-bond acceptors (Lipinski definition) is 5. The summed E-state index contributed by atoms with van der Waals surface area (Å²) in [6.07, 6.45) is 0.697. The van der Waals surface area contributed by atoms with Crippen molar-refractivity contribution >= 4 is 16.0 Å². The van der Waals surface area contributed by atoms with Gasteiger partial charge in [0, 0.05) is 0 Å². The first kappa shape index (κ1) is 8.68. The Hall–Kier alpha value is -1.41.